The summed E-state index contributed by atoms with van der Waals surface area (Å²) in [5.74, 6) is 1.93. The molecule has 1 aromatic heterocycles. The van der Waals surface area contributed by atoms with Crippen molar-refractivity contribution in [1.29, 1.82) is 0 Å². The second-order valence-corrected chi connectivity index (χ2v) is 8.77. The molecule has 35 heavy (non-hydrogen) atoms. The summed E-state index contributed by atoms with van der Waals surface area (Å²) in [5.41, 5.74) is 3.52. The van der Waals surface area contributed by atoms with Gasteiger partial charge in [0.2, 0.25) is 5.91 Å². The van der Waals surface area contributed by atoms with Crippen molar-refractivity contribution < 1.29 is 14.3 Å². The average Bonchev–Trinajstić information content (AvgIpc) is 3.32. The molecule has 0 atom stereocenters. The quantitative estimate of drug-likeness (QED) is 0.340. The molecule has 1 heterocycles. The van der Waals surface area contributed by atoms with E-state index in [-0.39, 0.29) is 11.7 Å². The van der Waals surface area contributed by atoms with Crippen LogP contribution in [0.4, 0.5) is 11.4 Å². The number of carbonyl (C=O) groups is 1. The highest BCUT2D eigenvalue weighted by atomic mass is 32.2. The van der Waals surface area contributed by atoms with Gasteiger partial charge in [0.1, 0.15) is 0 Å². The van der Waals surface area contributed by atoms with Crippen molar-refractivity contribution in [3.63, 3.8) is 0 Å². The van der Waals surface area contributed by atoms with Gasteiger partial charge in [0, 0.05) is 36.7 Å². The fraction of sp³-hybridized carbons (Fsp3) is 0.192. The third-order valence-electron chi connectivity index (χ3n) is 5.29. The number of benzene rings is 3. The van der Waals surface area contributed by atoms with Gasteiger partial charge in [-0.25, -0.2) is 0 Å². The van der Waals surface area contributed by atoms with Crippen molar-refractivity contribution in [2.75, 3.05) is 44.3 Å². The number of rotatable bonds is 9. The molecular formula is C26H27N5O3S. The first-order chi connectivity index (χ1) is 17.0. The molecule has 9 heteroatoms. The van der Waals surface area contributed by atoms with Crippen LogP contribution in [0.1, 0.15) is 0 Å². The highest BCUT2D eigenvalue weighted by molar-refractivity contribution is 7.99. The average molecular weight is 490 g/mol. The van der Waals surface area contributed by atoms with Crippen LogP contribution in [0.15, 0.2) is 78.0 Å². The first-order valence-electron chi connectivity index (χ1n) is 10.9. The fourth-order valence-electron chi connectivity index (χ4n) is 3.51. The topological polar surface area (TPSA) is 81.5 Å². The Morgan fingerprint density at radius 1 is 0.943 bits per heavy atom. The van der Waals surface area contributed by atoms with Gasteiger partial charge in [-0.15, -0.1) is 10.2 Å². The van der Waals surface area contributed by atoms with Crippen LogP contribution in [0.25, 0.3) is 17.1 Å². The van der Waals surface area contributed by atoms with E-state index >= 15 is 0 Å². The molecular weight excluding hydrogens is 462 g/mol. The first-order valence-corrected chi connectivity index (χ1v) is 11.9. The summed E-state index contributed by atoms with van der Waals surface area (Å²) in [6, 6.07) is 23.1. The minimum absolute atomic E-state index is 0.122. The maximum absolute atomic E-state index is 12.7. The van der Waals surface area contributed by atoms with Crippen LogP contribution in [0.5, 0.6) is 11.5 Å². The molecule has 0 aliphatic rings. The van der Waals surface area contributed by atoms with Crippen molar-refractivity contribution in [2.45, 2.75) is 5.16 Å². The van der Waals surface area contributed by atoms with Gasteiger partial charge in [-0.3, -0.25) is 9.36 Å². The Balaban J connectivity index is 1.57. The van der Waals surface area contributed by atoms with E-state index in [1.165, 1.54) is 11.8 Å². The normalized spacial score (nSPS) is 10.6. The van der Waals surface area contributed by atoms with Crippen LogP contribution in [0, 0.1) is 0 Å². The number of anilines is 2. The molecule has 0 aliphatic heterocycles. The molecule has 0 aliphatic carbocycles. The van der Waals surface area contributed by atoms with Crippen LogP contribution in [-0.4, -0.2) is 54.7 Å². The van der Waals surface area contributed by atoms with Crippen LogP contribution >= 0.6 is 11.8 Å². The number of nitrogens with one attached hydrogen (secondary N) is 1. The minimum atomic E-state index is -0.122. The van der Waals surface area contributed by atoms with Gasteiger partial charge in [0.05, 0.1) is 20.0 Å². The summed E-state index contributed by atoms with van der Waals surface area (Å²) in [6.07, 6.45) is 0. The number of nitrogens with zero attached hydrogens (tertiary/aromatic N) is 4. The molecule has 0 saturated heterocycles. The van der Waals surface area contributed by atoms with Crippen molar-refractivity contribution in [2.24, 2.45) is 0 Å². The lowest BCUT2D eigenvalue weighted by Gasteiger charge is -2.13. The van der Waals surface area contributed by atoms with Crippen molar-refractivity contribution in [3.05, 3.63) is 72.8 Å². The summed E-state index contributed by atoms with van der Waals surface area (Å²) in [5, 5.41) is 12.4. The predicted molar refractivity (Wildman–Crippen MR) is 140 cm³/mol. The Kier molecular flexibility index (Phi) is 7.57. The second kappa shape index (κ2) is 11.0. The van der Waals surface area contributed by atoms with Gasteiger partial charge in [0.25, 0.3) is 0 Å². The van der Waals surface area contributed by atoms with Crippen LogP contribution < -0.4 is 19.7 Å². The van der Waals surface area contributed by atoms with E-state index in [4.69, 9.17) is 9.47 Å². The van der Waals surface area contributed by atoms with E-state index in [0.717, 1.165) is 22.6 Å². The standard InChI is InChI=1S/C26H27N5O3S/c1-30(2)20-13-11-19(12-14-20)27-24(32)17-35-26-29-28-25(31(26)21-8-6-5-7-9-21)18-10-15-22(33-3)23(16-18)34-4/h5-16H,17H2,1-4H3,(H,27,32). The molecule has 0 radical (unpaired) electrons. The molecule has 3 aromatic carbocycles. The van der Waals surface area contributed by atoms with Crippen molar-refractivity contribution in [3.8, 4) is 28.6 Å². The third-order valence-corrected chi connectivity index (χ3v) is 6.22. The lowest BCUT2D eigenvalue weighted by Crippen LogP contribution is -2.15. The molecule has 1 amide bonds. The van der Waals surface area contributed by atoms with Gasteiger partial charge in [0.15, 0.2) is 22.5 Å². The van der Waals surface area contributed by atoms with Gasteiger partial charge in [-0.2, -0.15) is 0 Å². The van der Waals surface area contributed by atoms with E-state index < -0.39 is 0 Å². The van der Waals surface area contributed by atoms with E-state index in [0.29, 0.717) is 22.5 Å². The number of para-hydroxylation sites is 1. The molecule has 0 saturated carbocycles. The predicted octanol–water partition coefficient (Wildman–Crippen LogP) is 4.75. The van der Waals surface area contributed by atoms with Gasteiger partial charge >= 0.3 is 0 Å². The van der Waals surface area contributed by atoms with Gasteiger partial charge in [-0.1, -0.05) is 30.0 Å². The van der Waals surface area contributed by atoms with Gasteiger partial charge in [-0.05, 0) is 54.6 Å². The number of hydrogen-bond donors (Lipinski definition) is 1. The van der Waals surface area contributed by atoms with E-state index in [1.807, 2.05) is 96.4 Å². The number of carbonyl (C=O) groups excluding carboxylic acids is 1. The van der Waals surface area contributed by atoms with E-state index in [2.05, 4.69) is 15.5 Å². The minimum Gasteiger partial charge on any atom is -0.493 e. The second-order valence-electron chi connectivity index (χ2n) is 7.83. The Bertz CT molecular complexity index is 1290. The Hall–Kier alpha value is -3.98. The Labute approximate surface area is 208 Å². The van der Waals surface area contributed by atoms with Crippen molar-refractivity contribution in [1.82, 2.24) is 14.8 Å². The lowest BCUT2D eigenvalue weighted by molar-refractivity contribution is -0.113. The summed E-state index contributed by atoms with van der Waals surface area (Å²) < 4.78 is 12.8. The SMILES string of the molecule is COc1ccc(-c2nnc(SCC(=O)Nc3ccc(N(C)C)cc3)n2-c2ccccc2)cc1OC. The molecule has 0 fully saturated rings. The zero-order valence-electron chi connectivity index (χ0n) is 20.1. The number of aromatic nitrogens is 3. The largest absolute Gasteiger partial charge is 0.493 e. The van der Waals surface area contributed by atoms with E-state index in [9.17, 15) is 4.79 Å². The maximum Gasteiger partial charge on any atom is 0.234 e. The Morgan fingerprint density at radius 2 is 1.66 bits per heavy atom. The molecule has 4 aromatic rings. The summed E-state index contributed by atoms with van der Waals surface area (Å²) >= 11 is 1.32. The molecule has 0 bridgehead atoms. The molecule has 4 rings (SSSR count). The summed E-state index contributed by atoms with van der Waals surface area (Å²) in [6.45, 7) is 0. The highest BCUT2D eigenvalue weighted by Crippen LogP contribution is 2.34. The lowest BCUT2D eigenvalue weighted by atomic mass is 10.2. The van der Waals surface area contributed by atoms with Crippen molar-refractivity contribution >= 4 is 29.0 Å². The molecule has 1 N–H and O–H groups in total. The molecule has 8 nitrogen and oxygen atoms in total. The summed E-state index contributed by atoms with van der Waals surface area (Å²) in [7, 11) is 7.14. The molecule has 0 unspecified atom stereocenters. The Morgan fingerprint density at radius 3 is 2.31 bits per heavy atom. The number of hydrogen-bond acceptors (Lipinski definition) is 7. The monoisotopic (exact) mass is 489 g/mol. The molecule has 0 spiro atoms. The summed E-state index contributed by atoms with van der Waals surface area (Å²) in [4.78, 5) is 14.7. The number of ether oxygens (including phenoxy) is 2. The van der Waals surface area contributed by atoms with E-state index in [1.54, 1.807) is 14.2 Å². The number of thioether (sulfide) groups is 1. The maximum atomic E-state index is 12.7. The highest BCUT2D eigenvalue weighted by Gasteiger charge is 2.19. The fourth-order valence-corrected chi connectivity index (χ4v) is 4.26. The van der Waals surface area contributed by atoms with Crippen LogP contribution in [0.3, 0.4) is 0 Å². The zero-order valence-corrected chi connectivity index (χ0v) is 20.9. The zero-order chi connectivity index (χ0) is 24.8. The third kappa shape index (κ3) is 5.58. The van der Waals surface area contributed by atoms with Crippen LogP contribution in [0.2, 0.25) is 0 Å². The first kappa shape index (κ1) is 24.2. The van der Waals surface area contributed by atoms with Crippen LogP contribution in [-0.2, 0) is 4.79 Å². The smallest absolute Gasteiger partial charge is 0.234 e. The van der Waals surface area contributed by atoms with Gasteiger partial charge < -0.3 is 19.7 Å². The molecule has 180 valence electrons. The number of amides is 1. The number of methoxy groups -OCH3 is 2.